The zero-order valence-electron chi connectivity index (χ0n) is 17.3. The third kappa shape index (κ3) is 5.54. The minimum Gasteiger partial charge on any atom is -0.494 e. The summed E-state index contributed by atoms with van der Waals surface area (Å²) in [6.07, 6.45) is 2.08. The van der Waals surface area contributed by atoms with E-state index in [4.69, 9.17) is 9.26 Å². The second kappa shape index (κ2) is 10.2. The number of aromatic amines is 1. The first-order valence-electron chi connectivity index (χ1n) is 9.89. The number of benzene rings is 2. The SMILES string of the molecule is CCCCOc1ccc(NC(=O)C(C)Sc2c(=O)o[nH][n+]2-c2ccc(C)cc2)cc1. The Morgan fingerprint density at radius 3 is 2.57 bits per heavy atom. The summed E-state index contributed by atoms with van der Waals surface area (Å²) in [6, 6.07) is 14.9. The number of amides is 1. The van der Waals surface area contributed by atoms with Gasteiger partial charge in [-0.2, -0.15) is 0 Å². The Bertz CT molecular complexity index is 1030. The molecule has 2 N–H and O–H groups in total. The van der Waals surface area contributed by atoms with E-state index in [1.165, 1.54) is 0 Å². The molecule has 1 atom stereocenters. The summed E-state index contributed by atoms with van der Waals surface area (Å²) < 4.78 is 12.1. The summed E-state index contributed by atoms with van der Waals surface area (Å²) in [7, 11) is 0. The maximum atomic E-state index is 12.6. The fourth-order valence-corrected chi connectivity index (χ4v) is 3.55. The number of carbonyl (C=O) groups excluding carboxylic acids is 1. The summed E-state index contributed by atoms with van der Waals surface area (Å²) in [5.74, 6) is 0.559. The van der Waals surface area contributed by atoms with E-state index < -0.39 is 10.9 Å². The first kappa shape index (κ1) is 21.7. The van der Waals surface area contributed by atoms with E-state index in [-0.39, 0.29) is 5.91 Å². The molecule has 0 fully saturated rings. The number of rotatable bonds is 9. The smallest absolute Gasteiger partial charge is 0.442 e. The van der Waals surface area contributed by atoms with Gasteiger partial charge in [-0.15, -0.1) is 0 Å². The van der Waals surface area contributed by atoms with Crippen LogP contribution in [-0.4, -0.2) is 23.0 Å². The van der Waals surface area contributed by atoms with Gasteiger partial charge in [0.05, 0.1) is 11.9 Å². The molecule has 0 radical (unpaired) electrons. The number of anilines is 1. The fraction of sp³-hybridized carbons (Fsp3) is 0.318. The molecule has 3 rings (SSSR count). The lowest BCUT2D eigenvalue weighted by molar-refractivity contribution is -0.704. The topological polar surface area (TPSA) is 88.2 Å². The highest BCUT2D eigenvalue weighted by Gasteiger charge is 2.29. The minimum absolute atomic E-state index is 0.212. The number of aromatic nitrogens is 2. The Labute approximate surface area is 179 Å². The molecular weight excluding hydrogens is 402 g/mol. The van der Waals surface area contributed by atoms with Crippen molar-refractivity contribution in [2.75, 3.05) is 11.9 Å². The van der Waals surface area contributed by atoms with E-state index in [9.17, 15) is 9.59 Å². The van der Waals surface area contributed by atoms with E-state index in [0.29, 0.717) is 17.3 Å². The first-order chi connectivity index (χ1) is 14.5. The number of nitrogens with zero attached hydrogens (tertiary/aromatic N) is 1. The molecule has 0 spiro atoms. The van der Waals surface area contributed by atoms with Crippen molar-refractivity contribution in [1.82, 2.24) is 5.27 Å². The molecular formula is C22H26N3O4S+. The van der Waals surface area contributed by atoms with Gasteiger partial charge in [-0.05, 0) is 66.2 Å². The van der Waals surface area contributed by atoms with Crippen LogP contribution in [-0.2, 0) is 4.79 Å². The van der Waals surface area contributed by atoms with Crippen molar-refractivity contribution in [1.29, 1.82) is 0 Å². The van der Waals surface area contributed by atoms with Crippen LogP contribution >= 0.6 is 11.8 Å². The number of hydrogen-bond acceptors (Lipinski definition) is 5. The predicted molar refractivity (Wildman–Crippen MR) is 116 cm³/mol. The molecule has 1 amide bonds. The number of H-pyrrole nitrogens is 1. The summed E-state index contributed by atoms with van der Waals surface area (Å²) in [5.41, 5.74) is 2.01. The Morgan fingerprint density at radius 1 is 1.20 bits per heavy atom. The third-order valence-corrected chi connectivity index (χ3v) is 5.59. The predicted octanol–water partition coefficient (Wildman–Crippen LogP) is 3.85. The van der Waals surface area contributed by atoms with Crippen molar-refractivity contribution in [3.8, 4) is 11.4 Å². The Morgan fingerprint density at radius 2 is 1.90 bits per heavy atom. The monoisotopic (exact) mass is 428 g/mol. The minimum atomic E-state index is -0.520. The number of ether oxygens (including phenoxy) is 1. The zero-order valence-corrected chi connectivity index (χ0v) is 18.1. The van der Waals surface area contributed by atoms with Gasteiger partial charge >= 0.3 is 10.7 Å². The van der Waals surface area contributed by atoms with Gasteiger partial charge in [0, 0.05) is 17.8 Å². The number of hydrogen-bond donors (Lipinski definition) is 2. The van der Waals surface area contributed by atoms with Gasteiger partial charge in [0.25, 0.3) is 0 Å². The van der Waals surface area contributed by atoms with Gasteiger partial charge in [-0.3, -0.25) is 9.32 Å². The average molecular weight is 429 g/mol. The highest BCUT2D eigenvalue weighted by Crippen LogP contribution is 2.21. The maximum absolute atomic E-state index is 12.6. The van der Waals surface area contributed by atoms with Crippen LogP contribution in [0.4, 0.5) is 5.69 Å². The number of aryl methyl sites for hydroxylation is 1. The molecule has 3 aromatic rings. The van der Waals surface area contributed by atoms with Crippen molar-refractivity contribution in [2.45, 2.75) is 43.9 Å². The lowest BCUT2D eigenvalue weighted by atomic mass is 10.2. The normalized spacial score (nSPS) is 11.8. The second-order valence-corrected chi connectivity index (χ2v) is 8.26. The van der Waals surface area contributed by atoms with E-state index in [0.717, 1.165) is 41.6 Å². The Balaban J connectivity index is 1.64. The number of carbonyl (C=O) groups is 1. The second-order valence-electron chi connectivity index (χ2n) is 6.93. The summed E-state index contributed by atoms with van der Waals surface area (Å²) in [5, 5.41) is 5.25. The lowest BCUT2D eigenvalue weighted by Crippen LogP contribution is -2.37. The van der Waals surface area contributed by atoms with Crippen molar-refractivity contribution in [3.63, 3.8) is 0 Å². The molecule has 2 aromatic carbocycles. The van der Waals surface area contributed by atoms with E-state index in [1.54, 1.807) is 23.7 Å². The largest absolute Gasteiger partial charge is 0.494 e. The number of nitrogens with one attached hydrogen (secondary N) is 2. The van der Waals surface area contributed by atoms with E-state index in [2.05, 4.69) is 17.5 Å². The van der Waals surface area contributed by atoms with Crippen LogP contribution < -0.4 is 20.4 Å². The van der Waals surface area contributed by atoms with Crippen LogP contribution in [0.15, 0.2) is 62.9 Å². The highest BCUT2D eigenvalue weighted by molar-refractivity contribution is 8.00. The van der Waals surface area contributed by atoms with Crippen molar-refractivity contribution in [2.24, 2.45) is 0 Å². The molecule has 30 heavy (non-hydrogen) atoms. The van der Waals surface area contributed by atoms with E-state index >= 15 is 0 Å². The molecule has 1 unspecified atom stereocenters. The molecule has 0 saturated heterocycles. The van der Waals surface area contributed by atoms with Crippen LogP contribution in [0, 0.1) is 6.92 Å². The van der Waals surface area contributed by atoms with Crippen LogP contribution in [0.5, 0.6) is 5.75 Å². The summed E-state index contributed by atoms with van der Waals surface area (Å²) >= 11 is 1.14. The van der Waals surface area contributed by atoms with Crippen LogP contribution in [0.1, 0.15) is 32.3 Å². The molecule has 1 heterocycles. The van der Waals surface area contributed by atoms with Gasteiger partial charge < -0.3 is 10.1 Å². The van der Waals surface area contributed by atoms with Crippen LogP contribution in [0.2, 0.25) is 0 Å². The Kier molecular flexibility index (Phi) is 7.35. The van der Waals surface area contributed by atoms with Crippen molar-refractivity contribution in [3.05, 3.63) is 64.5 Å². The van der Waals surface area contributed by atoms with Crippen molar-refractivity contribution < 1.29 is 18.7 Å². The standard InChI is InChI=1S/C22H25N3O4S/c1-4-5-14-28-19-12-8-17(9-13-19)23-20(26)16(3)30-21-22(27)29-24-25(21)18-10-6-15(2)7-11-18/h6-13,16H,4-5,14H2,1-3H3,(H-,23,24,26,27)/p+1. The highest BCUT2D eigenvalue weighted by atomic mass is 32.2. The average Bonchev–Trinajstić information content (AvgIpc) is 3.10. The lowest BCUT2D eigenvalue weighted by Gasteiger charge is -2.10. The van der Waals surface area contributed by atoms with Gasteiger partial charge in [-0.25, -0.2) is 4.79 Å². The molecule has 1 aromatic heterocycles. The fourth-order valence-electron chi connectivity index (χ4n) is 2.66. The summed E-state index contributed by atoms with van der Waals surface area (Å²) in [6.45, 7) is 6.52. The Hall–Kier alpha value is -3.00. The molecule has 7 nitrogen and oxygen atoms in total. The zero-order chi connectivity index (χ0) is 21.5. The third-order valence-electron chi connectivity index (χ3n) is 4.45. The number of unbranched alkanes of at least 4 members (excludes halogenated alkanes) is 1. The van der Waals surface area contributed by atoms with Gasteiger partial charge in [0.1, 0.15) is 5.75 Å². The molecule has 0 saturated carbocycles. The molecule has 0 aliphatic heterocycles. The van der Waals surface area contributed by atoms with Crippen LogP contribution in [0.3, 0.4) is 0 Å². The maximum Gasteiger partial charge on any atom is 0.442 e. The van der Waals surface area contributed by atoms with Gasteiger partial charge in [-0.1, -0.05) is 31.0 Å². The molecule has 8 heteroatoms. The molecule has 0 aliphatic rings. The first-order valence-corrected chi connectivity index (χ1v) is 10.8. The number of thioether (sulfide) groups is 1. The molecule has 0 aliphatic carbocycles. The van der Waals surface area contributed by atoms with Gasteiger partial charge in [0.15, 0.2) is 0 Å². The quantitative estimate of drug-likeness (QED) is 0.307. The van der Waals surface area contributed by atoms with Crippen molar-refractivity contribution >= 4 is 23.4 Å². The van der Waals surface area contributed by atoms with Crippen LogP contribution in [0.25, 0.3) is 5.69 Å². The molecule has 0 bridgehead atoms. The van der Waals surface area contributed by atoms with E-state index in [1.807, 2.05) is 43.3 Å². The van der Waals surface area contributed by atoms with Gasteiger partial charge in [0.2, 0.25) is 11.6 Å². The molecule has 158 valence electrons. The summed E-state index contributed by atoms with van der Waals surface area (Å²) in [4.78, 5) is 24.8.